The van der Waals surface area contributed by atoms with Crippen LogP contribution in [0.1, 0.15) is 69.3 Å². The lowest BCUT2D eigenvalue weighted by atomic mass is 10.0. The van der Waals surface area contributed by atoms with Crippen LogP contribution in [0.3, 0.4) is 0 Å². The SMILES string of the molecule is CN1CCC[C@@H]1c1[nH]c2cc(NC(=O)c3ccc(N4CCN(CC#Cc5cccc6c5CN(C5CCC(=O)NC5=O)C6=O)CC4)nc3)ncc2c1Cl. The van der Waals surface area contributed by atoms with Gasteiger partial charge in [-0.2, -0.15) is 0 Å². The number of fused-ring (bicyclic) bond motifs is 2. The quantitative estimate of drug-likeness (QED) is 0.201. The van der Waals surface area contributed by atoms with Crippen molar-refractivity contribution < 1.29 is 19.2 Å². The Kier molecular flexibility index (Phi) is 9.13. The number of aromatic amines is 1. The van der Waals surface area contributed by atoms with Crippen molar-refractivity contribution in [3.05, 3.63) is 81.8 Å². The van der Waals surface area contributed by atoms with Crippen molar-refractivity contribution in [1.82, 2.24) is 35.0 Å². The molecule has 4 aliphatic rings. The number of hydrogen-bond donors (Lipinski definition) is 3. The van der Waals surface area contributed by atoms with Crippen LogP contribution in [-0.4, -0.2) is 106 Å². The second kappa shape index (κ2) is 14.0. The van der Waals surface area contributed by atoms with Crippen molar-refractivity contribution in [2.45, 2.75) is 44.3 Å². The molecular weight excluding hydrogens is 682 g/mol. The molecule has 0 aliphatic carbocycles. The molecule has 13 nitrogen and oxygen atoms in total. The van der Waals surface area contributed by atoms with Crippen molar-refractivity contribution in [2.75, 3.05) is 56.5 Å². The number of likely N-dealkylation sites (tertiary alicyclic amines) is 1. The van der Waals surface area contributed by atoms with Gasteiger partial charge in [0.1, 0.15) is 17.7 Å². The molecule has 0 saturated carbocycles. The Morgan fingerprint density at radius 2 is 1.87 bits per heavy atom. The molecular formula is C38H38ClN9O4. The first kappa shape index (κ1) is 33.8. The molecule has 52 heavy (non-hydrogen) atoms. The van der Waals surface area contributed by atoms with Crippen molar-refractivity contribution in [2.24, 2.45) is 0 Å². The minimum Gasteiger partial charge on any atom is -0.356 e. The second-order valence-corrected chi connectivity index (χ2v) is 14.1. The first-order valence-corrected chi connectivity index (χ1v) is 18.0. The summed E-state index contributed by atoms with van der Waals surface area (Å²) in [6.07, 6.45) is 6.01. The Bertz CT molecular complexity index is 2150. The molecule has 1 aromatic carbocycles. The summed E-state index contributed by atoms with van der Waals surface area (Å²) in [6, 6.07) is 10.5. The number of carbonyl (C=O) groups is 4. The standard InChI is InChI=1S/C38H38ClN9O4/c1-45-13-4-8-29(45)35-34(39)26-21-40-31(19-28(26)42-35)43-36(50)24-9-11-32(41-20-24)47-17-15-46(16-18-47)14-3-6-23-5-2-7-25-27(23)22-48(38(25)52)30-10-12-33(49)44-37(30)51/h2,5,7,9,11,19-21,29-30,42H,4,8,10,12-18,22H2,1H3,(H,40,43,50)(H,44,49,51)/t29-,30?/m1/s1. The summed E-state index contributed by atoms with van der Waals surface area (Å²) in [5.41, 5.74) is 4.42. The van der Waals surface area contributed by atoms with Crippen molar-refractivity contribution in [3.8, 4) is 11.8 Å². The topological polar surface area (TPSA) is 147 Å². The van der Waals surface area contributed by atoms with E-state index >= 15 is 0 Å². The molecule has 8 rings (SSSR count). The zero-order valence-electron chi connectivity index (χ0n) is 28.7. The van der Waals surface area contributed by atoms with E-state index in [-0.39, 0.29) is 30.2 Å². The van der Waals surface area contributed by atoms with E-state index < -0.39 is 11.9 Å². The number of anilines is 2. The zero-order chi connectivity index (χ0) is 35.9. The number of imide groups is 1. The maximum Gasteiger partial charge on any atom is 0.258 e. The summed E-state index contributed by atoms with van der Waals surface area (Å²) < 4.78 is 0. The number of nitrogens with zero attached hydrogens (tertiary/aromatic N) is 6. The summed E-state index contributed by atoms with van der Waals surface area (Å²) in [5, 5.41) is 6.75. The molecule has 4 aromatic rings. The Labute approximate surface area is 305 Å². The number of halogens is 1. The third kappa shape index (κ3) is 6.49. The van der Waals surface area contributed by atoms with E-state index in [2.05, 4.69) is 59.2 Å². The highest BCUT2D eigenvalue weighted by atomic mass is 35.5. The van der Waals surface area contributed by atoms with Crippen LogP contribution in [-0.2, 0) is 16.1 Å². The highest BCUT2D eigenvalue weighted by molar-refractivity contribution is 6.36. The Morgan fingerprint density at radius 1 is 1.02 bits per heavy atom. The molecule has 1 unspecified atom stereocenters. The molecule has 2 atom stereocenters. The number of carbonyl (C=O) groups excluding carboxylic acids is 4. The number of nitrogens with one attached hydrogen (secondary N) is 3. The summed E-state index contributed by atoms with van der Waals surface area (Å²) in [7, 11) is 2.10. The highest BCUT2D eigenvalue weighted by Gasteiger charge is 2.39. The van der Waals surface area contributed by atoms with Crippen LogP contribution in [0.4, 0.5) is 11.6 Å². The first-order valence-electron chi connectivity index (χ1n) is 17.6. The third-order valence-electron chi connectivity index (χ3n) is 10.6. The molecule has 7 heterocycles. The molecule has 14 heteroatoms. The fraction of sp³-hybridized carbons (Fsp3) is 0.368. The number of hydrogen-bond acceptors (Lipinski definition) is 9. The first-order chi connectivity index (χ1) is 25.2. The molecule has 0 radical (unpaired) electrons. The van der Waals surface area contributed by atoms with Gasteiger partial charge in [0.2, 0.25) is 11.8 Å². The van der Waals surface area contributed by atoms with Crippen LogP contribution in [0.15, 0.2) is 48.8 Å². The fourth-order valence-corrected chi connectivity index (χ4v) is 7.96. The van der Waals surface area contributed by atoms with Gasteiger partial charge >= 0.3 is 0 Å². The minimum atomic E-state index is -0.654. The average molecular weight is 720 g/mol. The number of benzene rings is 1. The summed E-state index contributed by atoms with van der Waals surface area (Å²) in [4.78, 5) is 71.0. The van der Waals surface area contributed by atoms with Gasteiger partial charge in [0.05, 0.1) is 34.4 Å². The summed E-state index contributed by atoms with van der Waals surface area (Å²) in [5.74, 6) is 6.54. The van der Waals surface area contributed by atoms with E-state index in [9.17, 15) is 19.2 Å². The van der Waals surface area contributed by atoms with E-state index in [0.29, 0.717) is 41.5 Å². The Morgan fingerprint density at radius 3 is 2.62 bits per heavy atom. The van der Waals surface area contributed by atoms with Gasteiger partial charge < -0.3 is 20.1 Å². The summed E-state index contributed by atoms with van der Waals surface area (Å²) >= 11 is 6.71. The lowest BCUT2D eigenvalue weighted by Crippen LogP contribution is -2.52. The molecule has 4 aliphatic heterocycles. The van der Waals surface area contributed by atoms with Crippen LogP contribution >= 0.6 is 11.6 Å². The van der Waals surface area contributed by atoms with E-state index in [0.717, 1.165) is 79.1 Å². The number of pyridine rings is 2. The smallest absolute Gasteiger partial charge is 0.258 e. The fourth-order valence-electron chi connectivity index (χ4n) is 7.63. The molecule has 3 N–H and O–H groups in total. The van der Waals surface area contributed by atoms with Gasteiger partial charge in [-0.1, -0.05) is 29.5 Å². The van der Waals surface area contributed by atoms with Gasteiger partial charge in [0, 0.05) is 74.1 Å². The third-order valence-corrected chi connectivity index (χ3v) is 11.0. The lowest BCUT2D eigenvalue weighted by Gasteiger charge is -2.34. The van der Waals surface area contributed by atoms with Crippen molar-refractivity contribution in [1.29, 1.82) is 0 Å². The number of piperidine rings is 1. The molecule has 3 fully saturated rings. The van der Waals surface area contributed by atoms with Crippen LogP contribution < -0.4 is 15.5 Å². The van der Waals surface area contributed by atoms with Crippen molar-refractivity contribution >= 4 is 57.8 Å². The second-order valence-electron chi connectivity index (χ2n) is 13.8. The maximum atomic E-state index is 13.1. The number of rotatable bonds is 6. The molecule has 3 aromatic heterocycles. The molecule has 0 bridgehead atoms. The van der Waals surface area contributed by atoms with Gasteiger partial charge in [-0.05, 0) is 62.7 Å². The highest BCUT2D eigenvalue weighted by Crippen LogP contribution is 2.38. The number of H-pyrrole nitrogens is 1. The van der Waals surface area contributed by atoms with Crippen LogP contribution in [0.2, 0.25) is 5.02 Å². The summed E-state index contributed by atoms with van der Waals surface area (Å²) in [6.45, 7) is 5.02. The minimum absolute atomic E-state index is 0.204. The molecule has 3 saturated heterocycles. The van der Waals surface area contributed by atoms with E-state index in [1.54, 1.807) is 29.4 Å². The number of piperazine rings is 1. The van der Waals surface area contributed by atoms with Gasteiger partial charge in [-0.25, -0.2) is 9.97 Å². The predicted molar refractivity (Wildman–Crippen MR) is 196 cm³/mol. The van der Waals surface area contributed by atoms with Crippen molar-refractivity contribution in [3.63, 3.8) is 0 Å². The lowest BCUT2D eigenvalue weighted by molar-refractivity contribution is -0.136. The Hall–Kier alpha value is -5.29. The largest absolute Gasteiger partial charge is 0.356 e. The average Bonchev–Trinajstić information content (AvgIpc) is 3.83. The predicted octanol–water partition coefficient (Wildman–Crippen LogP) is 3.57. The van der Waals surface area contributed by atoms with E-state index in [4.69, 9.17) is 11.6 Å². The normalized spacial score (nSPS) is 20.9. The number of aromatic nitrogens is 3. The van der Waals surface area contributed by atoms with Crippen LogP contribution in [0, 0.1) is 11.8 Å². The molecule has 4 amide bonds. The van der Waals surface area contributed by atoms with Gasteiger partial charge in [-0.15, -0.1) is 0 Å². The Balaban J connectivity index is 0.842. The molecule has 266 valence electrons. The molecule has 0 spiro atoms. The monoisotopic (exact) mass is 719 g/mol. The van der Waals surface area contributed by atoms with Gasteiger partial charge in [0.15, 0.2) is 0 Å². The van der Waals surface area contributed by atoms with Crippen LogP contribution in [0.5, 0.6) is 0 Å². The van der Waals surface area contributed by atoms with E-state index in [1.807, 2.05) is 24.3 Å². The number of amides is 4. The zero-order valence-corrected chi connectivity index (χ0v) is 29.5. The van der Waals surface area contributed by atoms with E-state index in [1.165, 1.54) is 0 Å². The maximum absolute atomic E-state index is 13.1. The van der Waals surface area contributed by atoms with Gasteiger partial charge in [-0.3, -0.25) is 34.3 Å². The van der Waals surface area contributed by atoms with Crippen LogP contribution in [0.25, 0.3) is 10.9 Å². The van der Waals surface area contributed by atoms with Gasteiger partial charge in [0.25, 0.3) is 11.8 Å².